The summed E-state index contributed by atoms with van der Waals surface area (Å²) in [6.07, 6.45) is -3.97. The van der Waals surface area contributed by atoms with E-state index in [0.717, 1.165) is 11.6 Å². The Morgan fingerprint density at radius 1 is 0.927 bits per heavy atom. The summed E-state index contributed by atoms with van der Waals surface area (Å²) in [5, 5.41) is 2.48. The molecule has 0 aromatic heterocycles. The van der Waals surface area contributed by atoms with Crippen LogP contribution in [0.5, 0.6) is 11.5 Å². The van der Waals surface area contributed by atoms with Gasteiger partial charge >= 0.3 is 6.18 Å². The third-order valence-corrected chi connectivity index (χ3v) is 7.70. The Hall–Kier alpha value is -4.40. The highest BCUT2D eigenvalue weighted by atomic mass is 19.4. The first-order valence-corrected chi connectivity index (χ1v) is 13.2. The van der Waals surface area contributed by atoms with Gasteiger partial charge in [0.05, 0.1) is 31.4 Å². The minimum Gasteiger partial charge on any atom is -0.493 e. The van der Waals surface area contributed by atoms with Crippen LogP contribution in [0.15, 0.2) is 89.1 Å². The molecule has 1 heterocycles. The number of aliphatic imine (C=N–C) groups is 1. The molecular weight excluding hydrogens is 533 g/mol. The maximum Gasteiger partial charge on any atom is 0.418 e. The molecule has 0 fully saturated rings. The standard InChI is InChI=1S/C32H29F3N2O4/c1-18-27(31(39)37-23-14-8-7-13-22(23)32(33,34)35)28(21-12-9-15-26(40-2)30(21)41-3)29-24(36-18)16-20(17-25(29)38)19-10-5-4-6-11-19/h4-15,20,27-28H,16-17H2,1-3H3,(H,37,39). The van der Waals surface area contributed by atoms with Crippen molar-refractivity contribution in [2.45, 2.75) is 37.8 Å². The van der Waals surface area contributed by atoms with E-state index < -0.39 is 29.5 Å². The van der Waals surface area contributed by atoms with Gasteiger partial charge in [0, 0.05) is 34.9 Å². The summed E-state index contributed by atoms with van der Waals surface area (Å²) >= 11 is 0. The lowest BCUT2D eigenvalue weighted by molar-refractivity contribution is -0.137. The third-order valence-electron chi connectivity index (χ3n) is 7.70. The number of carbonyl (C=O) groups excluding carboxylic acids is 2. The highest BCUT2D eigenvalue weighted by Crippen LogP contribution is 2.50. The van der Waals surface area contributed by atoms with Crippen LogP contribution in [-0.2, 0) is 15.8 Å². The first-order valence-electron chi connectivity index (χ1n) is 13.2. The number of ketones is 1. The maximum atomic E-state index is 13.9. The van der Waals surface area contributed by atoms with Gasteiger partial charge in [0.2, 0.25) is 5.91 Å². The van der Waals surface area contributed by atoms with Gasteiger partial charge < -0.3 is 14.8 Å². The van der Waals surface area contributed by atoms with Gasteiger partial charge in [-0.05, 0) is 43.0 Å². The van der Waals surface area contributed by atoms with Gasteiger partial charge in [0.1, 0.15) is 0 Å². The average molecular weight is 563 g/mol. The van der Waals surface area contributed by atoms with E-state index >= 15 is 0 Å². The van der Waals surface area contributed by atoms with Crippen molar-refractivity contribution in [2.75, 3.05) is 19.5 Å². The maximum absolute atomic E-state index is 13.9. The lowest BCUT2D eigenvalue weighted by Crippen LogP contribution is -2.40. The number of nitrogens with one attached hydrogen (secondary N) is 1. The van der Waals surface area contributed by atoms with Gasteiger partial charge in [0.25, 0.3) is 0 Å². The number of rotatable bonds is 6. The quantitative estimate of drug-likeness (QED) is 0.353. The first-order chi connectivity index (χ1) is 19.6. The van der Waals surface area contributed by atoms with Crippen molar-refractivity contribution >= 4 is 23.1 Å². The van der Waals surface area contributed by atoms with E-state index in [0.29, 0.717) is 40.5 Å². The van der Waals surface area contributed by atoms with E-state index in [1.807, 2.05) is 30.3 Å². The molecule has 1 aliphatic carbocycles. The average Bonchev–Trinajstić information content (AvgIpc) is 2.95. The Morgan fingerprint density at radius 3 is 2.32 bits per heavy atom. The van der Waals surface area contributed by atoms with E-state index in [4.69, 9.17) is 14.5 Å². The number of hydrogen-bond acceptors (Lipinski definition) is 5. The summed E-state index contributed by atoms with van der Waals surface area (Å²) in [7, 11) is 2.94. The Labute approximate surface area is 235 Å². The Balaban J connectivity index is 1.63. The number of halogens is 3. The van der Waals surface area contributed by atoms with Crippen molar-refractivity contribution in [2.24, 2.45) is 10.9 Å². The molecule has 0 bridgehead atoms. The molecule has 0 spiro atoms. The number of ether oxygens (including phenoxy) is 2. The number of amides is 1. The van der Waals surface area contributed by atoms with Crippen LogP contribution in [-0.4, -0.2) is 31.6 Å². The van der Waals surface area contributed by atoms with Gasteiger partial charge in [0.15, 0.2) is 17.3 Å². The minimum absolute atomic E-state index is 0.0871. The van der Waals surface area contributed by atoms with Crippen molar-refractivity contribution < 1.29 is 32.2 Å². The zero-order valence-corrected chi connectivity index (χ0v) is 22.8. The number of nitrogens with zero attached hydrogens (tertiary/aromatic N) is 1. The summed E-state index contributed by atoms with van der Waals surface area (Å²) in [6.45, 7) is 1.67. The van der Waals surface area contributed by atoms with Crippen LogP contribution < -0.4 is 14.8 Å². The molecule has 9 heteroatoms. The molecular formula is C32H29F3N2O4. The van der Waals surface area contributed by atoms with Gasteiger partial charge in [-0.3, -0.25) is 14.6 Å². The summed E-state index contributed by atoms with van der Waals surface area (Å²) in [5.41, 5.74) is 1.54. The van der Waals surface area contributed by atoms with Crippen LogP contribution in [0.4, 0.5) is 18.9 Å². The van der Waals surface area contributed by atoms with Crippen molar-refractivity contribution in [1.29, 1.82) is 0 Å². The number of carbonyl (C=O) groups is 2. The largest absolute Gasteiger partial charge is 0.493 e. The molecule has 1 aliphatic heterocycles. The second-order valence-electron chi connectivity index (χ2n) is 10.1. The number of Topliss-reactive ketones (excluding diaryl/α,β-unsaturated/α-hetero) is 1. The topological polar surface area (TPSA) is 77.0 Å². The fourth-order valence-electron chi connectivity index (χ4n) is 5.90. The molecule has 0 saturated carbocycles. The lowest BCUT2D eigenvalue weighted by atomic mass is 9.68. The van der Waals surface area contributed by atoms with Crippen LogP contribution >= 0.6 is 0 Å². The number of para-hydroxylation sites is 2. The third kappa shape index (κ3) is 5.36. The molecule has 3 atom stereocenters. The molecule has 0 saturated heterocycles. The van der Waals surface area contributed by atoms with Crippen molar-refractivity contribution in [1.82, 2.24) is 0 Å². The lowest BCUT2D eigenvalue weighted by Gasteiger charge is -2.37. The molecule has 3 aromatic carbocycles. The van der Waals surface area contributed by atoms with E-state index in [2.05, 4.69) is 5.32 Å². The van der Waals surface area contributed by atoms with Crippen LogP contribution in [0.25, 0.3) is 0 Å². The van der Waals surface area contributed by atoms with E-state index in [-0.39, 0.29) is 23.8 Å². The van der Waals surface area contributed by atoms with Crippen molar-refractivity contribution in [3.8, 4) is 11.5 Å². The zero-order chi connectivity index (χ0) is 29.3. The monoisotopic (exact) mass is 562 g/mol. The van der Waals surface area contributed by atoms with Crippen LogP contribution in [0.3, 0.4) is 0 Å². The molecule has 6 nitrogen and oxygen atoms in total. The summed E-state index contributed by atoms with van der Waals surface area (Å²) in [4.78, 5) is 32.5. The first kappa shape index (κ1) is 28.1. The minimum atomic E-state index is -4.67. The molecule has 3 aromatic rings. The molecule has 212 valence electrons. The number of alkyl halides is 3. The summed E-state index contributed by atoms with van der Waals surface area (Å²) in [6, 6.07) is 19.7. The molecule has 41 heavy (non-hydrogen) atoms. The van der Waals surface area contributed by atoms with Gasteiger partial charge in [-0.2, -0.15) is 13.2 Å². The molecule has 1 amide bonds. The molecule has 1 N–H and O–H groups in total. The van der Waals surface area contributed by atoms with E-state index in [9.17, 15) is 22.8 Å². The second-order valence-corrected chi connectivity index (χ2v) is 10.1. The van der Waals surface area contributed by atoms with Crippen LogP contribution in [0.1, 0.15) is 48.3 Å². The van der Waals surface area contributed by atoms with E-state index in [1.165, 1.54) is 32.4 Å². The molecule has 5 rings (SSSR count). The summed E-state index contributed by atoms with van der Waals surface area (Å²) in [5.74, 6) is -2.15. The highest BCUT2D eigenvalue weighted by molar-refractivity contribution is 6.13. The van der Waals surface area contributed by atoms with Gasteiger partial charge in [-0.1, -0.05) is 54.6 Å². The Morgan fingerprint density at radius 2 is 1.63 bits per heavy atom. The molecule has 3 unspecified atom stereocenters. The zero-order valence-electron chi connectivity index (χ0n) is 22.8. The van der Waals surface area contributed by atoms with Crippen molar-refractivity contribution in [3.05, 3.63) is 101 Å². The molecule has 0 radical (unpaired) electrons. The second kappa shape index (κ2) is 11.2. The van der Waals surface area contributed by atoms with Crippen LogP contribution in [0.2, 0.25) is 0 Å². The Bertz CT molecular complexity index is 1550. The van der Waals surface area contributed by atoms with Gasteiger partial charge in [-0.25, -0.2) is 0 Å². The highest BCUT2D eigenvalue weighted by Gasteiger charge is 2.46. The molecule has 2 aliphatic rings. The number of benzene rings is 3. The number of methoxy groups -OCH3 is 2. The fourth-order valence-corrected chi connectivity index (χ4v) is 5.90. The fraction of sp³-hybridized carbons (Fsp3) is 0.281. The van der Waals surface area contributed by atoms with Gasteiger partial charge in [-0.15, -0.1) is 0 Å². The smallest absolute Gasteiger partial charge is 0.418 e. The predicted molar refractivity (Wildman–Crippen MR) is 149 cm³/mol. The number of allylic oxidation sites excluding steroid dienone is 2. The van der Waals surface area contributed by atoms with E-state index in [1.54, 1.807) is 25.1 Å². The van der Waals surface area contributed by atoms with Crippen LogP contribution in [0, 0.1) is 5.92 Å². The summed E-state index contributed by atoms with van der Waals surface area (Å²) < 4.78 is 52.4. The number of hydrogen-bond donors (Lipinski definition) is 1. The Kier molecular flexibility index (Phi) is 7.71. The number of anilines is 1. The predicted octanol–water partition coefficient (Wildman–Crippen LogP) is 6.94. The van der Waals surface area contributed by atoms with Crippen molar-refractivity contribution in [3.63, 3.8) is 0 Å². The normalized spacial score (nSPS) is 20.7. The SMILES string of the molecule is COc1cccc(C2C3=C(CC(c4ccccc4)CC3=O)N=C(C)C2C(=O)Nc2ccccc2C(F)(F)F)c1OC.